The number of aryl methyl sites for hydroxylation is 2. The number of hydrogen-bond acceptors (Lipinski definition) is 4. The van der Waals surface area contributed by atoms with Crippen molar-refractivity contribution in [1.29, 1.82) is 0 Å². The van der Waals surface area contributed by atoms with Gasteiger partial charge in [0.1, 0.15) is 11.4 Å². The minimum Gasteiger partial charge on any atom is -0.439 e. The van der Waals surface area contributed by atoms with Crippen molar-refractivity contribution in [3.05, 3.63) is 101 Å². The molecule has 0 unspecified atom stereocenters. The molecule has 5 rings (SSSR count). The Kier molecular flexibility index (Phi) is 7.58. The van der Waals surface area contributed by atoms with Crippen molar-refractivity contribution in [2.45, 2.75) is 32.4 Å². The number of benzene rings is 3. The first-order valence-corrected chi connectivity index (χ1v) is 12.9. The molecule has 1 fully saturated rings. The second kappa shape index (κ2) is 11.2. The topological polar surface area (TPSA) is 56.6 Å². The molecular formula is C30H30ClN3O3. The first-order valence-electron chi connectivity index (χ1n) is 12.5. The molecule has 0 saturated carbocycles. The molecule has 1 aliphatic heterocycles. The molecule has 0 spiro atoms. The van der Waals surface area contributed by atoms with Gasteiger partial charge in [-0.1, -0.05) is 54.1 Å². The zero-order valence-electron chi connectivity index (χ0n) is 21.1. The van der Waals surface area contributed by atoms with Crippen molar-refractivity contribution in [1.82, 2.24) is 14.7 Å². The van der Waals surface area contributed by atoms with Gasteiger partial charge in [-0.3, -0.25) is 4.79 Å². The highest BCUT2D eigenvalue weighted by Crippen LogP contribution is 2.35. The average Bonchev–Trinajstić information content (AvgIpc) is 3.53. The highest BCUT2D eigenvalue weighted by Gasteiger charge is 2.28. The number of carbonyl (C=O) groups excluding carboxylic acids is 1. The number of carbonyl (C=O) groups is 1. The fraction of sp³-hybridized carbons (Fsp3) is 0.267. The predicted octanol–water partition coefficient (Wildman–Crippen LogP) is 6.66. The Morgan fingerprint density at radius 1 is 1.11 bits per heavy atom. The molecule has 190 valence electrons. The van der Waals surface area contributed by atoms with E-state index in [0.29, 0.717) is 29.6 Å². The smallest absolute Gasteiger partial charge is 0.254 e. The summed E-state index contributed by atoms with van der Waals surface area (Å²) in [5, 5.41) is 5.43. The molecule has 7 heteroatoms. The molecule has 0 radical (unpaired) electrons. The lowest BCUT2D eigenvalue weighted by atomic mass is 10.1. The molecule has 1 aromatic heterocycles. The van der Waals surface area contributed by atoms with Gasteiger partial charge in [0, 0.05) is 36.3 Å². The summed E-state index contributed by atoms with van der Waals surface area (Å²) in [6.07, 6.45) is 1.92. The second-order valence-electron chi connectivity index (χ2n) is 9.37. The molecule has 0 aliphatic carbocycles. The Balaban J connectivity index is 1.56. The van der Waals surface area contributed by atoms with E-state index < -0.39 is 0 Å². The van der Waals surface area contributed by atoms with Crippen LogP contribution in [0.5, 0.6) is 11.6 Å². The lowest BCUT2D eigenvalue weighted by Crippen LogP contribution is -2.37. The fourth-order valence-corrected chi connectivity index (χ4v) is 4.79. The van der Waals surface area contributed by atoms with E-state index in [1.807, 2.05) is 73.5 Å². The van der Waals surface area contributed by atoms with Gasteiger partial charge in [-0.2, -0.15) is 5.10 Å². The van der Waals surface area contributed by atoms with Gasteiger partial charge in [0.25, 0.3) is 5.91 Å². The van der Waals surface area contributed by atoms with Gasteiger partial charge in [-0.15, -0.1) is 0 Å². The third-order valence-electron chi connectivity index (χ3n) is 6.51. The third kappa shape index (κ3) is 5.87. The van der Waals surface area contributed by atoms with Crippen molar-refractivity contribution in [3.63, 3.8) is 0 Å². The van der Waals surface area contributed by atoms with Crippen LogP contribution in [0.25, 0.3) is 11.3 Å². The summed E-state index contributed by atoms with van der Waals surface area (Å²) >= 11 is 6.09. The maximum absolute atomic E-state index is 13.8. The van der Waals surface area contributed by atoms with Gasteiger partial charge in [-0.25, -0.2) is 4.68 Å². The van der Waals surface area contributed by atoms with Crippen LogP contribution >= 0.6 is 11.6 Å². The number of halogens is 1. The molecule has 1 saturated heterocycles. The minimum atomic E-state index is -0.0865. The largest absolute Gasteiger partial charge is 0.439 e. The van der Waals surface area contributed by atoms with E-state index in [9.17, 15) is 4.79 Å². The van der Waals surface area contributed by atoms with Gasteiger partial charge in [0.15, 0.2) is 0 Å². The molecule has 37 heavy (non-hydrogen) atoms. The fourth-order valence-electron chi connectivity index (χ4n) is 4.66. The summed E-state index contributed by atoms with van der Waals surface area (Å²) in [5.41, 5.74) is 4.27. The van der Waals surface area contributed by atoms with Gasteiger partial charge < -0.3 is 14.4 Å². The lowest BCUT2D eigenvalue weighted by molar-refractivity contribution is 0.0506. The SMILES string of the molecule is Cc1cccc(Oc2c(CN(C[C@@H]3CCCO3)C(=O)c3ccc(Cl)cc3)c(-c3ccccc3)nn2C)c1. The van der Waals surface area contributed by atoms with E-state index in [4.69, 9.17) is 26.2 Å². The highest BCUT2D eigenvalue weighted by atomic mass is 35.5. The molecule has 1 atom stereocenters. The third-order valence-corrected chi connectivity index (χ3v) is 6.77. The summed E-state index contributed by atoms with van der Waals surface area (Å²) in [7, 11) is 1.87. The van der Waals surface area contributed by atoms with E-state index in [1.54, 1.807) is 28.9 Å². The molecular weight excluding hydrogens is 486 g/mol. The molecule has 6 nitrogen and oxygen atoms in total. The molecule has 2 heterocycles. The van der Waals surface area contributed by atoms with Crippen LogP contribution in [-0.2, 0) is 18.3 Å². The zero-order valence-corrected chi connectivity index (χ0v) is 21.8. The van der Waals surface area contributed by atoms with E-state index >= 15 is 0 Å². The van der Waals surface area contributed by atoms with E-state index in [2.05, 4.69) is 0 Å². The minimum absolute atomic E-state index is 0.00533. The van der Waals surface area contributed by atoms with Crippen LogP contribution in [-0.4, -0.2) is 39.8 Å². The summed E-state index contributed by atoms with van der Waals surface area (Å²) in [5.74, 6) is 1.24. The summed E-state index contributed by atoms with van der Waals surface area (Å²) < 4.78 is 14.1. The zero-order chi connectivity index (χ0) is 25.8. The number of ether oxygens (including phenoxy) is 2. The van der Waals surface area contributed by atoms with Crippen molar-refractivity contribution < 1.29 is 14.3 Å². The maximum Gasteiger partial charge on any atom is 0.254 e. The molecule has 1 amide bonds. The van der Waals surface area contributed by atoms with Gasteiger partial charge in [0.05, 0.1) is 18.2 Å². The molecule has 4 aromatic rings. The number of amides is 1. The number of aromatic nitrogens is 2. The quantitative estimate of drug-likeness (QED) is 0.263. The van der Waals surface area contributed by atoms with E-state index in [0.717, 1.165) is 47.6 Å². The van der Waals surface area contributed by atoms with Crippen molar-refractivity contribution in [2.75, 3.05) is 13.2 Å². The Hall–Kier alpha value is -3.61. The van der Waals surface area contributed by atoms with E-state index in [1.165, 1.54) is 0 Å². The molecule has 1 aliphatic rings. The van der Waals surface area contributed by atoms with Crippen LogP contribution in [0.2, 0.25) is 5.02 Å². The summed E-state index contributed by atoms with van der Waals surface area (Å²) in [4.78, 5) is 15.6. The lowest BCUT2D eigenvalue weighted by Gasteiger charge is -2.26. The van der Waals surface area contributed by atoms with Crippen LogP contribution in [0.1, 0.15) is 34.3 Å². The van der Waals surface area contributed by atoms with Gasteiger partial charge in [0.2, 0.25) is 5.88 Å². The van der Waals surface area contributed by atoms with Crippen LogP contribution < -0.4 is 4.74 Å². The molecule has 3 aromatic carbocycles. The monoisotopic (exact) mass is 515 g/mol. The molecule has 0 N–H and O–H groups in total. The summed E-state index contributed by atoms with van der Waals surface area (Å²) in [6, 6.07) is 24.9. The van der Waals surface area contributed by atoms with E-state index in [-0.39, 0.29) is 12.0 Å². The highest BCUT2D eigenvalue weighted by molar-refractivity contribution is 6.30. The van der Waals surface area contributed by atoms with Crippen LogP contribution in [0, 0.1) is 6.92 Å². The van der Waals surface area contributed by atoms with Crippen LogP contribution in [0.15, 0.2) is 78.9 Å². The Bertz CT molecular complexity index is 1360. The van der Waals surface area contributed by atoms with Crippen molar-refractivity contribution in [3.8, 4) is 22.9 Å². The molecule has 0 bridgehead atoms. The van der Waals surface area contributed by atoms with Crippen LogP contribution in [0.3, 0.4) is 0 Å². The first-order chi connectivity index (χ1) is 18.0. The van der Waals surface area contributed by atoms with Crippen molar-refractivity contribution in [2.24, 2.45) is 7.05 Å². The number of nitrogens with zero attached hydrogens (tertiary/aromatic N) is 3. The van der Waals surface area contributed by atoms with Crippen LogP contribution in [0.4, 0.5) is 0 Å². The average molecular weight is 516 g/mol. The Morgan fingerprint density at radius 3 is 2.59 bits per heavy atom. The normalized spacial score (nSPS) is 15.1. The Morgan fingerprint density at radius 2 is 1.89 bits per heavy atom. The number of hydrogen-bond donors (Lipinski definition) is 0. The van der Waals surface area contributed by atoms with Crippen molar-refractivity contribution >= 4 is 17.5 Å². The number of rotatable bonds is 8. The second-order valence-corrected chi connectivity index (χ2v) is 9.80. The first kappa shape index (κ1) is 25.1. The summed E-state index contributed by atoms with van der Waals surface area (Å²) in [6.45, 7) is 3.55. The predicted molar refractivity (Wildman–Crippen MR) is 145 cm³/mol. The van der Waals surface area contributed by atoms with Gasteiger partial charge in [-0.05, 0) is 61.7 Å². The van der Waals surface area contributed by atoms with Gasteiger partial charge >= 0.3 is 0 Å². The maximum atomic E-state index is 13.8. The standard InChI is InChI=1S/C30H30ClN3O3/c1-21-8-6-11-25(18-21)37-30-27(28(32-33(30)2)22-9-4-3-5-10-22)20-34(19-26-12-7-17-36-26)29(35)23-13-15-24(31)16-14-23/h3-6,8-11,13-16,18,26H,7,12,17,19-20H2,1-2H3/t26-/m0/s1. The Labute approximate surface area is 222 Å².